The number of likely N-dealkylation sites (tertiary alicyclic amines) is 1. The molecule has 30 heavy (non-hydrogen) atoms. The zero-order valence-corrected chi connectivity index (χ0v) is 19.6. The minimum absolute atomic E-state index is 0.177. The normalized spacial score (nSPS) is 23.0. The predicted molar refractivity (Wildman–Crippen MR) is 119 cm³/mol. The molecule has 2 aliphatic rings. The van der Waals surface area contributed by atoms with Crippen molar-refractivity contribution in [2.24, 2.45) is 0 Å². The van der Waals surface area contributed by atoms with Crippen LogP contribution in [0.5, 0.6) is 5.88 Å². The Morgan fingerprint density at radius 2 is 2.03 bits per heavy atom. The molecule has 0 bridgehead atoms. The average molecular weight is 438 g/mol. The van der Waals surface area contributed by atoms with Gasteiger partial charge in [0.15, 0.2) is 0 Å². The SMILES string of the molecule is CCCCCCOc1nsnc1C1=CCC[N+](C)(C(C)OC(=O)N2CCCCC2)C1. The first kappa shape index (κ1) is 23.0. The Hall–Kier alpha value is -1.67. The largest absolute Gasteiger partial charge is 0.475 e. The van der Waals surface area contributed by atoms with Crippen molar-refractivity contribution in [1.29, 1.82) is 0 Å². The lowest BCUT2D eigenvalue weighted by molar-refractivity contribution is -0.944. The predicted octanol–water partition coefficient (Wildman–Crippen LogP) is 4.70. The topological polar surface area (TPSA) is 64.6 Å². The van der Waals surface area contributed by atoms with Crippen LogP contribution in [0.25, 0.3) is 5.57 Å². The highest BCUT2D eigenvalue weighted by Crippen LogP contribution is 2.31. The van der Waals surface area contributed by atoms with Gasteiger partial charge in [-0.25, -0.2) is 4.79 Å². The number of quaternary nitrogens is 1. The third-order valence-corrected chi connectivity index (χ3v) is 6.84. The summed E-state index contributed by atoms with van der Waals surface area (Å²) in [6.07, 6.45) is 10.8. The highest BCUT2D eigenvalue weighted by atomic mass is 32.1. The molecule has 2 unspecified atom stereocenters. The van der Waals surface area contributed by atoms with Gasteiger partial charge in [-0.2, -0.15) is 4.37 Å². The van der Waals surface area contributed by atoms with Crippen LogP contribution in [0.2, 0.25) is 0 Å². The molecule has 7 nitrogen and oxygen atoms in total. The number of ether oxygens (including phenoxy) is 2. The van der Waals surface area contributed by atoms with Gasteiger partial charge in [-0.05, 0) is 25.7 Å². The van der Waals surface area contributed by atoms with E-state index >= 15 is 0 Å². The van der Waals surface area contributed by atoms with Gasteiger partial charge in [0.1, 0.15) is 12.2 Å². The third-order valence-electron chi connectivity index (χ3n) is 6.32. The number of carbonyl (C=O) groups excluding carboxylic acids is 1. The van der Waals surface area contributed by atoms with Gasteiger partial charge in [-0.1, -0.05) is 32.3 Å². The highest BCUT2D eigenvalue weighted by molar-refractivity contribution is 6.99. The van der Waals surface area contributed by atoms with Gasteiger partial charge in [0.25, 0.3) is 5.88 Å². The van der Waals surface area contributed by atoms with Gasteiger partial charge in [-0.15, -0.1) is 4.37 Å². The monoisotopic (exact) mass is 437 g/mol. The van der Waals surface area contributed by atoms with Crippen LogP contribution < -0.4 is 4.74 Å². The van der Waals surface area contributed by atoms with Gasteiger partial charge in [-0.3, -0.25) is 4.48 Å². The molecular formula is C22H37N4O3S+. The number of piperidine rings is 1. The summed E-state index contributed by atoms with van der Waals surface area (Å²) in [4.78, 5) is 14.4. The first-order valence-corrected chi connectivity index (χ1v) is 12.2. The van der Waals surface area contributed by atoms with Gasteiger partial charge in [0, 0.05) is 32.0 Å². The minimum atomic E-state index is -0.215. The highest BCUT2D eigenvalue weighted by Gasteiger charge is 2.37. The van der Waals surface area contributed by atoms with Crippen LogP contribution in [0.1, 0.15) is 70.9 Å². The lowest BCUT2D eigenvalue weighted by atomic mass is 10.0. The summed E-state index contributed by atoms with van der Waals surface area (Å²) in [6, 6.07) is 0. The molecule has 2 atom stereocenters. The molecule has 1 fully saturated rings. The van der Waals surface area contributed by atoms with Crippen molar-refractivity contribution >= 4 is 23.4 Å². The number of unbranched alkanes of at least 4 members (excludes halogenated alkanes) is 3. The first-order valence-electron chi connectivity index (χ1n) is 11.5. The molecule has 8 heteroatoms. The molecule has 2 aliphatic heterocycles. The fourth-order valence-electron chi connectivity index (χ4n) is 4.14. The second-order valence-electron chi connectivity index (χ2n) is 8.74. The maximum Gasteiger partial charge on any atom is 0.414 e. The number of nitrogens with zero attached hydrogens (tertiary/aromatic N) is 4. The van der Waals surface area contributed by atoms with E-state index in [1.807, 2.05) is 11.8 Å². The number of hydrogen-bond donors (Lipinski definition) is 0. The second kappa shape index (κ2) is 11.1. The van der Waals surface area contributed by atoms with E-state index in [4.69, 9.17) is 9.47 Å². The van der Waals surface area contributed by atoms with E-state index < -0.39 is 0 Å². The Labute approximate surface area is 185 Å². The molecule has 3 heterocycles. The molecule has 1 amide bonds. The van der Waals surface area contributed by atoms with E-state index in [1.165, 1.54) is 37.4 Å². The number of amides is 1. The van der Waals surface area contributed by atoms with Gasteiger partial charge in [0.05, 0.1) is 31.9 Å². The minimum Gasteiger partial charge on any atom is -0.475 e. The second-order valence-corrected chi connectivity index (χ2v) is 9.27. The smallest absolute Gasteiger partial charge is 0.414 e. The Morgan fingerprint density at radius 1 is 1.23 bits per heavy atom. The lowest BCUT2D eigenvalue weighted by Crippen LogP contribution is -2.56. The van der Waals surface area contributed by atoms with Crippen LogP contribution in [-0.2, 0) is 4.74 Å². The number of carbonyl (C=O) groups is 1. The fourth-order valence-corrected chi connectivity index (χ4v) is 4.67. The zero-order chi connectivity index (χ0) is 21.4. The van der Waals surface area contributed by atoms with Crippen molar-refractivity contribution in [1.82, 2.24) is 13.6 Å². The molecule has 3 rings (SSSR count). The van der Waals surface area contributed by atoms with Crippen LogP contribution in [0.3, 0.4) is 0 Å². The van der Waals surface area contributed by atoms with Crippen LogP contribution in [0.15, 0.2) is 6.08 Å². The van der Waals surface area contributed by atoms with Crippen molar-refractivity contribution in [2.45, 2.75) is 71.4 Å². The van der Waals surface area contributed by atoms with E-state index in [0.29, 0.717) is 17.0 Å². The standard InChI is InChI=1S/C22H37N4O3S/c1-4-5-6-10-16-28-21-20(23-30-24-21)19-12-11-15-26(3,17-19)18(2)29-22(27)25-13-8-7-9-14-25/h12,18H,4-11,13-17H2,1-3H3/q+1. The van der Waals surface area contributed by atoms with Crippen molar-refractivity contribution in [3.05, 3.63) is 11.8 Å². The zero-order valence-electron chi connectivity index (χ0n) is 18.8. The maximum absolute atomic E-state index is 12.6. The number of rotatable bonds is 9. The number of aromatic nitrogens is 2. The van der Waals surface area contributed by atoms with Crippen molar-refractivity contribution in [3.63, 3.8) is 0 Å². The molecule has 0 aromatic carbocycles. The molecule has 0 spiro atoms. The van der Waals surface area contributed by atoms with E-state index in [-0.39, 0.29) is 12.3 Å². The van der Waals surface area contributed by atoms with Crippen molar-refractivity contribution in [3.8, 4) is 5.88 Å². The third kappa shape index (κ3) is 5.94. The van der Waals surface area contributed by atoms with E-state index in [9.17, 15) is 4.79 Å². The summed E-state index contributed by atoms with van der Waals surface area (Å²) < 4.78 is 21.4. The molecule has 0 radical (unpaired) electrons. The van der Waals surface area contributed by atoms with E-state index in [1.54, 1.807) is 0 Å². The summed E-state index contributed by atoms with van der Waals surface area (Å²) in [6.45, 7) is 8.21. The Morgan fingerprint density at radius 3 is 2.80 bits per heavy atom. The quantitative estimate of drug-likeness (QED) is 0.414. The van der Waals surface area contributed by atoms with Crippen LogP contribution >= 0.6 is 11.7 Å². The molecule has 0 N–H and O–H groups in total. The molecule has 0 saturated carbocycles. The summed E-state index contributed by atoms with van der Waals surface area (Å²) in [7, 11) is 2.16. The van der Waals surface area contributed by atoms with Crippen molar-refractivity contribution in [2.75, 3.05) is 39.8 Å². The maximum atomic E-state index is 12.6. The van der Waals surface area contributed by atoms with E-state index in [2.05, 4.69) is 28.8 Å². The summed E-state index contributed by atoms with van der Waals surface area (Å²) in [5, 5.41) is 0. The van der Waals surface area contributed by atoms with Crippen molar-refractivity contribution < 1.29 is 18.8 Å². The molecule has 0 aliphatic carbocycles. The molecule has 1 saturated heterocycles. The Bertz CT molecular complexity index is 717. The Kier molecular flexibility index (Phi) is 8.50. The van der Waals surface area contributed by atoms with Gasteiger partial charge < -0.3 is 14.4 Å². The summed E-state index contributed by atoms with van der Waals surface area (Å²) in [5.74, 6) is 0.647. The molecular weight excluding hydrogens is 400 g/mol. The van der Waals surface area contributed by atoms with E-state index in [0.717, 1.165) is 63.1 Å². The number of likely N-dealkylation sites (N-methyl/N-ethyl adjacent to an activating group) is 1. The fraction of sp³-hybridized carbons (Fsp3) is 0.773. The molecule has 1 aromatic heterocycles. The molecule has 1 aromatic rings. The lowest BCUT2D eigenvalue weighted by Gasteiger charge is -2.42. The van der Waals surface area contributed by atoms with Gasteiger partial charge >= 0.3 is 6.09 Å². The van der Waals surface area contributed by atoms with Crippen LogP contribution in [-0.4, -0.2) is 70.3 Å². The number of hydrogen-bond acceptors (Lipinski definition) is 6. The van der Waals surface area contributed by atoms with Crippen LogP contribution in [0, 0.1) is 0 Å². The van der Waals surface area contributed by atoms with Gasteiger partial charge in [0.2, 0.25) is 6.23 Å². The van der Waals surface area contributed by atoms with Crippen LogP contribution in [0.4, 0.5) is 4.79 Å². The summed E-state index contributed by atoms with van der Waals surface area (Å²) >= 11 is 1.20. The molecule has 168 valence electrons. The Balaban J connectivity index is 1.58. The average Bonchev–Trinajstić information content (AvgIpc) is 3.23. The first-order chi connectivity index (χ1) is 14.5. The summed E-state index contributed by atoms with van der Waals surface area (Å²) in [5.41, 5.74) is 2.00.